The van der Waals surface area contributed by atoms with Crippen LogP contribution < -0.4 is 5.32 Å². The number of hydrogen-bond donors (Lipinski definition) is 1. The van der Waals surface area contributed by atoms with Gasteiger partial charge < -0.3 is 5.32 Å². The monoisotopic (exact) mass is 289 g/mol. The highest BCUT2D eigenvalue weighted by Gasteiger charge is 2.10. The first-order valence-corrected chi connectivity index (χ1v) is 7.46. The zero-order valence-electron chi connectivity index (χ0n) is 12.2. The van der Waals surface area contributed by atoms with Crippen LogP contribution in [-0.2, 0) is 6.54 Å². The van der Waals surface area contributed by atoms with Gasteiger partial charge in [0.2, 0.25) is 0 Å². The normalized spacial score (nSPS) is 10.8. The van der Waals surface area contributed by atoms with Crippen molar-refractivity contribution in [2.24, 2.45) is 0 Å². The summed E-state index contributed by atoms with van der Waals surface area (Å²) in [6, 6.07) is 3.73. The highest BCUT2D eigenvalue weighted by molar-refractivity contribution is 7.11. The number of nitrogens with one attached hydrogen (secondary N) is 1. The van der Waals surface area contributed by atoms with Gasteiger partial charge in [-0.15, -0.1) is 11.3 Å². The highest BCUT2D eigenvalue weighted by atomic mass is 32.1. The Bertz CT molecular complexity index is 602. The van der Waals surface area contributed by atoms with Gasteiger partial charge in [0.05, 0.1) is 17.2 Å². The quantitative estimate of drug-likeness (QED) is 0.940. The van der Waals surface area contributed by atoms with Gasteiger partial charge >= 0.3 is 0 Å². The number of thiazole rings is 1. The van der Waals surface area contributed by atoms with E-state index in [1.54, 1.807) is 23.6 Å². The molecule has 0 unspecified atom stereocenters. The molecule has 0 radical (unpaired) electrons. The molecule has 20 heavy (non-hydrogen) atoms. The van der Waals surface area contributed by atoms with E-state index in [1.807, 2.05) is 19.9 Å². The largest absolute Gasteiger partial charge is 0.346 e. The van der Waals surface area contributed by atoms with E-state index >= 15 is 0 Å². The summed E-state index contributed by atoms with van der Waals surface area (Å²) in [6.45, 7) is 8.64. The molecular formula is C15H19N3OS. The molecule has 1 N–H and O–H groups in total. The van der Waals surface area contributed by atoms with Crippen molar-refractivity contribution in [3.63, 3.8) is 0 Å². The fraction of sp³-hybridized carbons (Fsp3) is 0.400. The molecule has 5 heteroatoms. The second-order valence-electron chi connectivity index (χ2n) is 5.06. The zero-order chi connectivity index (χ0) is 14.7. The third-order valence-electron chi connectivity index (χ3n) is 3.09. The predicted octanol–water partition coefficient (Wildman–Crippen LogP) is 3.21. The summed E-state index contributed by atoms with van der Waals surface area (Å²) in [5.74, 6) is 0.271. The Morgan fingerprint density at radius 3 is 2.60 bits per heavy atom. The highest BCUT2D eigenvalue weighted by Crippen LogP contribution is 2.17. The van der Waals surface area contributed by atoms with Crippen LogP contribution in [0, 0.1) is 13.8 Å². The lowest BCUT2D eigenvalue weighted by Gasteiger charge is -2.06. The minimum Gasteiger partial charge on any atom is -0.346 e. The van der Waals surface area contributed by atoms with Crippen LogP contribution in [0.2, 0.25) is 0 Å². The summed E-state index contributed by atoms with van der Waals surface area (Å²) in [5.41, 5.74) is 2.57. The molecule has 4 nitrogen and oxygen atoms in total. The Kier molecular flexibility index (Phi) is 4.49. The minimum atomic E-state index is -0.147. The molecule has 0 bridgehead atoms. The standard InChI is InChI=1S/C15H19N3OS/c1-9(2)12-5-6-13(16-7-12)15(19)17-8-14-10(3)18-11(4)20-14/h5-7,9H,8H2,1-4H3,(H,17,19). The molecule has 0 fully saturated rings. The fourth-order valence-corrected chi connectivity index (χ4v) is 2.75. The van der Waals surface area contributed by atoms with E-state index < -0.39 is 0 Å². The number of amides is 1. The van der Waals surface area contributed by atoms with Gasteiger partial charge in [0, 0.05) is 11.1 Å². The SMILES string of the molecule is Cc1nc(C)c(CNC(=O)c2ccc(C(C)C)cn2)s1. The van der Waals surface area contributed by atoms with E-state index in [-0.39, 0.29) is 5.91 Å². The van der Waals surface area contributed by atoms with Crippen molar-refractivity contribution in [3.8, 4) is 0 Å². The van der Waals surface area contributed by atoms with Crippen LogP contribution in [0.1, 0.15) is 51.4 Å². The number of pyridine rings is 1. The number of nitrogens with zero attached hydrogens (tertiary/aromatic N) is 2. The maximum absolute atomic E-state index is 12.0. The molecular weight excluding hydrogens is 270 g/mol. The van der Waals surface area contributed by atoms with E-state index in [1.165, 1.54) is 0 Å². The van der Waals surface area contributed by atoms with Crippen LogP contribution >= 0.6 is 11.3 Å². The molecule has 2 rings (SSSR count). The lowest BCUT2D eigenvalue weighted by molar-refractivity contribution is 0.0946. The van der Waals surface area contributed by atoms with Crippen LogP contribution in [0.3, 0.4) is 0 Å². The van der Waals surface area contributed by atoms with Gasteiger partial charge in [-0.1, -0.05) is 19.9 Å². The van der Waals surface area contributed by atoms with Crippen molar-refractivity contribution < 1.29 is 4.79 Å². The van der Waals surface area contributed by atoms with Gasteiger partial charge in [0.25, 0.3) is 5.91 Å². The average Bonchev–Trinajstić information content (AvgIpc) is 2.74. The van der Waals surface area contributed by atoms with Crippen molar-refractivity contribution in [3.05, 3.63) is 45.2 Å². The number of hydrogen-bond acceptors (Lipinski definition) is 4. The lowest BCUT2D eigenvalue weighted by atomic mass is 10.1. The summed E-state index contributed by atoms with van der Waals surface area (Å²) in [7, 11) is 0. The lowest BCUT2D eigenvalue weighted by Crippen LogP contribution is -2.23. The zero-order valence-corrected chi connectivity index (χ0v) is 13.0. The molecule has 0 spiro atoms. The van der Waals surface area contributed by atoms with Crippen LogP contribution in [0.15, 0.2) is 18.3 Å². The molecule has 2 aromatic heterocycles. The second kappa shape index (κ2) is 6.13. The third kappa shape index (κ3) is 3.42. The van der Waals surface area contributed by atoms with Crippen LogP contribution in [0.5, 0.6) is 0 Å². The summed E-state index contributed by atoms with van der Waals surface area (Å²) < 4.78 is 0. The Hall–Kier alpha value is -1.75. The van der Waals surface area contributed by atoms with Crippen LogP contribution in [0.4, 0.5) is 0 Å². The Balaban J connectivity index is 1.99. The fourth-order valence-electron chi connectivity index (χ4n) is 1.87. The van der Waals surface area contributed by atoms with Gasteiger partial charge in [-0.3, -0.25) is 9.78 Å². The Labute approximate surface area is 123 Å². The number of rotatable bonds is 4. The van der Waals surface area contributed by atoms with Crippen LogP contribution in [-0.4, -0.2) is 15.9 Å². The first-order valence-electron chi connectivity index (χ1n) is 6.64. The van der Waals surface area contributed by atoms with E-state index in [0.717, 1.165) is 21.1 Å². The molecule has 0 saturated heterocycles. The average molecular weight is 289 g/mol. The van der Waals surface area contributed by atoms with Gasteiger partial charge in [0.1, 0.15) is 5.69 Å². The minimum absolute atomic E-state index is 0.147. The maximum Gasteiger partial charge on any atom is 0.270 e. The number of aryl methyl sites for hydroxylation is 2. The van der Waals surface area contributed by atoms with Gasteiger partial charge in [-0.05, 0) is 31.4 Å². The van der Waals surface area contributed by atoms with E-state index in [0.29, 0.717) is 18.2 Å². The molecule has 1 amide bonds. The molecule has 2 aromatic rings. The van der Waals surface area contributed by atoms with Gasteiger partial charge in [-0.25, -0.2) is 4.98 Å². The van der Waals surface area contributed by atoms with Crippen molar-refractivity contribution in [1.29, 1.82) is 0 Å². The first-order chi connectivity index (χ1) is 9.47. The van der Waals surface area contributed by atoms with E-state index in [2.05, 4.69) is 29.1 Å². The number of carbonyl (C=O) groups excluding carboxylic acids is 1. The Morgan fingerprint density at radius 2 is 2.10 bits per heavy atom. The van der Waals surface area contributed by atoms with Crippen molar-refractivity contribution >= 4 is 17.2 Å². The summed E-state index contributed by atoms with van der Waals surface area (Å²) in [5, 5.41) is 3.91. The van der Waals surface area contributed by atoms with E-state index in [9.17, 15) is 4.79 Å². The molecule has 0 aliphatic rings. The van der Waals surface area contributed by atoms with Crippen molar-refractivity contribution in [2.45, 2.75) is 40.2 Å². The molecule has 0 aromatic carbocycles. The van der Waals surface area contributed by atoms with Crippen molar-refractivity contribution in [1.82, 2.24) is 15.3 Å². The molecule has 106 valence electrons. The predicted molar refractivity (Wildman–Crippen MR) is 81.1 cm³/mol. The third-order valence-corrected chi connectivity index (χ3v) is 4.17. The summed E-state index contributed by atoms with van der Waals surface area (Å²) in [4.78, 5) is 21.7. The molecule has 0 aliphatic heterocycles. The van der Waals surface area contributed by atoms with Crippen LogP contribution in [0.25, 0.3) is 0 Å². The summed E-state index contributed by atoms with van der Waals surface area (Å²) >= 11 is 1.61. The molecule has 0 atom stereocenters. The number of aromatic nitrogens is 2. The second-order valence-corrected chi connectivity index (χ2v) is 6.34. The summed E-state index contributed by atoms with van der Waals surface area (Å²) in [6.07, 6.45) is 1.77. The topological polar surface area (TPSA) is 54.9 Å². The van der Waals surface area contributed by atoms with Gasteiger partial charge in [-0.2, -0.15) is 0 Å². The molecule has 2 heterocycles. The Morgan fingerprint density at radius 1 is 1.35 bits per heavy atom. The van der Waals surface area contributed by atoms with Crippen molar-refractivity contribution in [2.75, 3.05) is 0 Å². The smallest absolute Gasteiger partial charge is 0.270 e. The van der Waals surface area contributed by atoms with E-state index in [4.69, 9.17) is 0 Å². The van der Waals surface area contributed by atoms with Gasteiger partial charge in [0.15, 0.2) is 0 Å². The number of carbonyl (C=O) groups is 1. The molecule has 0 saturated carbocycles. The first kappa shape index (κ1) is 14.7. The maximum atomic E-state index is 12.0. The molecule has 0 aliphatic carbocycles.